The van der Waals surface area contributed by atoms with E-state index in [1.807, 2.05) is 42.0 Å². The molecule has 0 radical (unpaired) electrons. The molecular formula is C25H18FN3O2. The molecule has 0 fully saturated rings. The SMILES string of the molecule is Cc1ccc(/C(C#N)=C/c2cn(Cc3ccc(F)cc3)c3cc([N+](=O)[O-])ccc23)cc1. The minimum Gasteiger partial charge on any atom is -0.342 e. The van der Waals surface area contributed by atoms with E-state index in [9.17, 15) is 19.8 Å². The molecule has 0 aliphatic rings. The Labute approximate surface area is 178 Å². The van der Waals surface area contributed by atoms with E-state index in [0.29, 0.717) is 17.6 Å². The van der Waals surface area contributed by atoms with Gasteiger partial charge in [-0.25, -0.2) is 4.39 Å². The van der Waals surface area contributed by atoms with Gasteiger partial charge >= 0.3 is 0 Å². The number of nitro groups is 1. The molecule has 4 rings (SSSR count). The standard InChI is InChI=1S/C25H18FN3O2/c1-17-2-6-19(7-3-17)20(14-27)12-21-16-28(15-18-4-8-22(26)9-5-18)25-13-23(29(30)31)10-11-24(21)25/h2-13,16H,15H2,1H3/b20-12+. The van der Waals surface area contributed by atoms with Gasteiger partial charge in [0, 0.05) is 35.8 Å². The summed E-state index contributed by atoms with van der Waals surface area (Å²) in [6.45, 7) is 2.40. The maximum absolute atomic E-state index is 13.3. The second-order valence-electron chi connectivity index (χ2n) is 7.33. The van der Waals surface area contributed by atoms with Crippen LogP contribution in [-0.4, -0.2) is 9.49 Å². The molecule has 1 aromatic heterocycles. The summed E-state index contributed by atoms with van der Waals surface area (Å²) in [5, 5.41) is 21.8. The summed E-state index contributed by atoms with van der Waals surface area (Å²) in [6.07, 6.45) is 3.66. The fourth-order valence-electron chi connectivity index (χ4n) is 3.52. The van der Waals surface area contributed by atoms with Crippen molar-refractivity contribution in [3.63, 3.8) is 0 Å². The number of hydrogen-bond acceptors (Lipinski definition) is 3. The lowest BCUT2D eigenvalue weighted by molar-refractivity contribution is -0.384. The van der Waals surface area contributed by atoms with E-state index in [1.54, 1.807) is 24.3 Å². The second kappa shape index (κ2) is 8.25. The van der Waals surface area contributed by atoms with Crippen LogP contribution < -0.4 is 0 Å². The molecule has 0 spiro atoms. The summed E-state index contributed by atoms with van der Waals surface area (Å²) in [4.78, 5) is 10.9. The third kappa shape index (κ3) is 4.21. The molecular weight excluding hydrogens is 393 g/mol. The van der Waals surface area contributed by atoms with Gasteiger partial charge in [0.2, 0.25) is 0 Å². The summed E-state index contributed by atoms with van der Waals surface area (Å²) >= 11 is 0. The third-order valence-electron chi connectivity index (χ3n) is 5.16. The highest BCUT2D eigenvalue weighted by Gasteiger charge is 2.14. The van der Waals surface area contributed by atoms with E-state index in [1.165, 1.54) is 24.3 Å². The minimum atomic E-state index is -0.433. The number of fused-ring (bicyclic) bond motifs is 1. The number of halogens is 1. The van der Waals surface area contributed by atoms with Crippen molar-refractivity contribution in [1.29, 1.82) is 5.26 Å². The Morgan fingerprint density at radius 1 is 1.13 bits per heavy atom. The quantitative estimate of drug-likeness (QED) is 0.226. The Morgan fingerprint density at radius 3 is 2.48 bits per heavy atom. The molecule has 1 heterocycles. The van der Waals surface area contributed by atoms with Crippen molar-refractivity contribution in [1.82, 2.24) is 4.57 Å². The van der Waals surface area contributed by atoms with Crippen LogP contribution in [-0.2, 0) is 6.54 Å². The third-order valence-corrected chi connectivity index (χ3v) is 5.16. The van der Waals surface area contributed by atoms with Crippen LogP contribution in [0.25, 0.3) is 22.6 Å². The van der Waals surface area contributed by atoms with Gasteiger partial charge in [0.15, 0.2) is 0 Å². The monoisotopic (exact) mass is 411 g/mol. The number of benzene rings is 3. The number of hydrogen-bond donors (Lipinski definition) is 0. The van der Waals surface area contributed by atoms with Crippen LogP contribution in [0.2, 0.25) is 0 Å². The Balaban J connectivity index is 1.85. The molecule has 0 atom stereocenters. The van der Waals surface area contributed by atoms with Crippen molar-refractivity contribution in [2.45, 2.75) is 13.5 Å². The van der Waals surface area contributed by atoms with Crippen molar-refractivity contribution < 1.29 is 9.31 Å². The first-order valence-electron chi connectivity index (χ1n) is 9.65. The predicted molar refractivity (Wildman–Crippen MR) is 119 cm³/mol. The summed E-state index contributed by atoms with van der Waals surface area (Å²) in [6, 6.07) is 20.7. The molecule has 0 aliphatic heterocycles. The van der Waals surface area contributed by atoms with Crippen LogP contribution in [0, 0.1) is 34.2 Å². The Hall–Kier alpha value is -4.24. The van der Waals surface area contributed by atoms with Crippen LogP contribution >= 0.6 is 0 Å². The summed E-state index contributed by atoms with van der Waals surface area (Å²) in [5.74, 6) is -0.322. The number of nitriles is 1. The average molecular weight is 411 g/mol. The van der Waals surface area contributed by atoms with E-state index in [4.69, 9.17) is 0 Å². The van der Waals surface area contributed by atoms with E-state index in [0.717, 1.165) is 27.6 Å². The lowest BCUT2D eigenvalue weighted by atomic mass is 10.0. The molecule has 31 heavy (non-hydrogen) atoms. The molecule has 0 amide bonds. The highest BCUT2D eigenvalue weighted by molar-refractivity contribution is 5.98. The van der Waals surface area contributed by atoms with Gasteiger partial charge in [0.25, 0.3) is 5.69 Å². The molecule has 0 N–H and O–H groups in total. The highest BCUT2D eigenvalue weighted by Crippen LogP contribution is 2.30. The van der Waals surface area contributed by atoms with Gasteiger partial charge in [0.1, 0.15) is 5.82 Å². The Bertz CT molecular complexity index is 1340. The summed E-state index contributed by atoms with van der Waals surface area (Å²) in [7, 11) is 0. The molecule has 6 heteroatoms. The van der Waals surface area contributed by atoms with Gasteiger partial charge in [0.05, 0.1) is 22.1 Å². The van der Waals surface area contributed by atoms with Gasteiger partial charge < -0.3 is 4.57 Å². The maximum Gasteiger partial charge on any atom is 0.271 e. The van der Waals surface area contributed by atoms with Crippen LogP contribution in [0.3, 0.4) is 0 Å². The molecule has 4 aromatic rings. The zero-order chi connectivity index (χ0) is 22.0. The number of nitro benzene ring substituents is 1. The topological polar surface area (TPSA) is 71.9 Å². The highest BCUT2D eigenvalue weighted by atomic mass is 19.1. The predicted octanol–water partition coefficient (Wildman–Crippen LogP) is 6.11. The molecule has 0 saturated carbocycles. The van der Waals surface area contributed by atoms with Crippen LogP contribution in [0.4, 0.5) is 10.1 Å². The van der Waals surface area contributed by atoms with Gasteiger partial charge in [-0.15, -0.1) is 0 Å². The number of nitrogens with zero attached hydrogens (tertiary/aromatic N) is 3. The largest absolute Gasteiger partial charge is 0.342 e. The van der Waals surface area contributed by atoms with Gasteiger partial charge in [-0.3, -0.25) is 10.1 Å². The number of aryl methyl sites for hydroxylation is 1. The lowest BCUT2D eigenvalue weighted by Crippen LogP contribution is -1.98. The summed E-state index contributed by atoms with van der Waals surface area (Å²) in [5.41, 5.74) is 4.70. The van der Waals surface area contributed by atoms with E-state index >= 15 is 0 Å². The normalized spacial score (nSPS) is 11.5. The van der Waals surface area contributed by atoms with Crippen LogP contribution in [0.1, 0.15) is 22.3 Å². The van der Waals surface area contributed by atoms with E-state index in [2.05, 4.69) is 6.07 Å². The zero-order valence-corrected chi connectivity index (χ0v) is 16.7. The number of non-ortho nitro benzene ring substituents is 1. The summed E-state index contributed by atoms with van der Waals surface area (Å²) < 4.78 is 15.2. The molecule has 0 saturated heterocycles. The first kappa shape index (κ1) is 20.0. The molecule has 3 aromatic carbocycles. The Kier molecular flexibility index (Phi) is 5.33. The van der Waals surface area contributed by atoms with Crippen molar-refractivity contribution in [3.8, 4) is 6.07 Å². The molecule has 152 valence electrons. The van der Waals surface area contributed by atoms with Crippen molar-refractivity contribution >= 4 is 28.2 Å². The Morgan fingerprint density at radius 2 is 1.84 bits per heavy atom. The van der Waals surface area contributed by atoms with Gasteiger partial charge in [-0.1, -0.05) is 42.0 Å². The smallest absolute Gasteiger partial charge is 0.271 e. The molecule has 0 unspecified atom stereocenters. The second-order valence-corrected chi connectivity index (χ2v) is 7.33. The fourth-order valence-corrected chi connectivity index (χ4v) is 3.52. The lowest BCUT2D eigenvalue weighted by Gasteiger charge is -2.05. The number of rotatable bonds is 5. The van der Waals surface area contributed by atoms with Gasteiger partial charge in [-0.05, 0) is 42.3 Å². The maximum atomic E-state index is 13.3. The van der Waals surface area contributed by atoms with Crippen LogP contribution in [0.5, 0.6) is 0 Å². The zero-order valence-electron chi connectivity index (χ0n) is 16.7. The fraction of sp³-hybridized carbons (Fsp3) is 0.0800. The van der Waals surface area contributed by atoms with E-state index < -0.39 is 4.92 Å². The molecule has 5 nitrogen and oxygen atoms in total. The number of aromatic nitrogens is 1. The molecule has 0 bridgehead atoms. The molecule has 0 aliphatic carbocycles. The van der Waals surface area contributed by atoms with Crippen LogP contribution in [0.15, 0.2) is 72.9 Å². The first-order chi connectivity index (χ1) is 14.9. The van der Waals surface area contributed by atoms with Crippen molar-refractivity contribution in [2.75, 3.05) is 0 Å². The van der Waals surface area contributed by atoms with Crippen molar-refractivity contribution in [2.24, 2.45) is 0 Å². The average Bonchev–Trinajstić information content (AvgIpc) is 3.10. The number of allylic oxidation sites excluding steroid dienone is 1. The van der Waals surface area contributed by atoms with Crippen molar-refractivity contribution in [3.05, 3.63) is 111 Å². The van der Waals surface area contributed by atoms with E-state index in [-0.39, 0.29) is 11.5 Å². The van der Waals surface area contributed by atoms with Gasteiger partial charge in [-0.2, -0.15) is 5.26 Å². The minimum absolute atomic E-state index is 0.0134. The first-order valence-corrected chi connectivity index (χ1v) is 9.65.